The summed E-state index contributed by atoms with van der Waals surface area (Å²) in [5.74, 6) is -1.92. The van der Waals surface area contributed by atoms with Gasteiger partial charge in [-0.2, -0.15) is 0 Å². The second-order valence-corrected chi connectivity index (χ2v) is 14.7. The number of hydrogen-bond acceptors (Lipinski definition) is 8. The van der Waals surface area contributed by atoms with Crippen molar-refractivity contribution in [1.29, 1.82) is 0 Å². The highest BCUT2D eigenvalue weighted by Gasteiger charge is 2.61. The maximum absolute atomic E-state index is 13.7. The van der Waals surface area contributed by atoms with Crippen LogP contribution in [0.25, 0.3) is 10.8 Å². The molecule has 1 aromatic heterocycles. The number of carbonyl (C=O) groups excluding carboxylic acids is 3. The molecule has 12 heteroatoms. The van der Waals surface area contributed by atoms with Crippen LogP contribution in [-0.4, -0.2) is 76.9 Å². The fourth-order valence-corrected chi connectivity index (χ4v) is 7.21. The Bertz CT molecular complexity index is 1520. The van der Waals surface area contributed by atoms with E-state index >= 15 is 0 Å². The van der Waals surface area contributed by atoms with Gasteiger partial charge in [0, 0.05) is 17.7 Å². The van der Waals surface area contributed by atoms with Crippen LogP contribution in [0.15, 0.2) is 43.0 Å². The van der Waals surface area contributed by atoms with Gasteiger partial charge >= 0.3 is 6.09 Å². The van der Waals surface area contributed by atoms with Crippen LogP contribution >= 0.6 is 11.6 Å². The minimum Gasteiger partial charge on any atom is -0.472 e. The first kappa shape index (κ1) is 29.3. The molecule has 0 unspecified atom stereocenters. The van der Waals surface area contributed by atoms with Crippen molar-refractivity contribution < 1.29 is 32.3 Å². The summed E-state index contributed by atoms with van der Waals surface area (Å²) in [5, 5.41) is 4.09. The first-order chi connectivity index (χ1) is 19.2. The number of hydrogen-bond donors (Lipinski definition) is 1. The van der Waals surface area contributed by atoms with Crippen LogP contribution in [0.4, 0.5) is 4.79 Å². The number of carbonyl (C=O) groups is 3. The Morgan fingerprint density at radius 3 is 2.59 bits per heavy atom. The number of benzene rings is 1. The molecule has 3 aliphatic rings. The van der Waals surface area contributed by atoms with Gasteiger partial charge in [0.1, 0.15) is 34.2 Å². The Morgan fingerprint density at radius 2 is 1.95 bits per heavy atom. The molecule has 5 rings (SSSR count). The summed E-state index contributed by atoms with van der Waals surface area (Å²) in [5.41, 5.74) is -2.19. The Balaban J connectivity index is 1.38. The molecule has 3 fully saturated rings. The van der Waals surface area contributed by atoms with Crippen LogP contribution in [-0.2, 0) is 24.2 Å². The number of nitrogens with zero attached hydrogens (tertiary/aromatic N) is 2. The van der Waals surface area contributed by atoms with Crippen molar-refractivity contribution >= 4 is 50.0 Å². The number of rotatable bonds is 9. The van der Waals surface area contributed by atoms with Crippen molar-refractivity contribution in [3.8, 4) is 5.88 Å². The molecule has 1 N–H and O–H groups in total. The quantitative estimate of drug-likeness (QED) is 0.338. The number of nitrogens with one attached hydrogen (secondary N) is 1. The van der Waals surface area contributed by atoms with Gasteiger partial charge in [-0.1, -0.05) is 35.9 Å². The number of sulfone groups is 1. The van der Waals surface area contributed by atoms with Crippen molar-refractivity contribution in [2.45, 2.75) is 75.0 Å². The minimum absolute atomic E-state index is 0.0252. The predicted octanol–water partition coefficient (Wildman–Crippen LogP) is 3.85. The molecule has 2 aromatic rings. The topological polar surface area (TPSA) is 132 Å². The minimum atomic E-state index is -3.58. The molecule has 4 atom stereocenters. The highest BCUT2D eigenvalue weighted by Crippen LogP contribution is 2.46. The Labute approximate surface area is 244 Å². The molecule has 1 saturated heterocycles. The van der Waals surface area contributed by atoms with E-state index in [9.17, 15) is 22.8 Å². The second-order valence-electron chi connectivity index (χ2n) is 12.0. The average Bonchev–Trinajstić information content (AvgIpc) is 3.80. The van der Waals surface area contributed by atoms with Gasteiger partial charge in [0.05, 0.1) is 11.8 Å². The van der Waals surface area contributed by atoms with E-state index < -0.39 is 67.8 Å². The van der Waals surface area contributed by atoms with Gasteiger partial charge in [0.15, 0.2) is 15.6 Å². The van der Waals surface area contributed by atoms with E-state index in [4.69, 9.17) is 21.1 Å². The zero-order chi connectivity index (χ0) is 29.7. The molecule has 0 radical (unpaired) electrons. The monoisotopic (exact) mass is 603 g/mol. The number of ether oxygens (including phenoxy) is 2. The number of amides is 2. The summed E-state index contributed by atoms with van der Waals surface area (Å²) in [6.45, 7) is 8.94. The lowest BCUT2D eigenvalue weighted by molar-refractivity contribution is -0.130. The molecule has 2 saturated carbocycles. The molecule has 0 bridgehead atoms. The second kappa shape index (κ2) is 10.6. The largest absolute Gasteiger partial charge is 0.472 e. The van der Waals surface area contributed by atoms with Crippen LogP contribution in [0.2, 0.25) is 5.15 Å². The van der Waals surface area contributed by atoms with Gasteiger partial charge in [-0.05, 0) is 57.6 Å². The fraction of sp³-hybridized carbons (Fsp3) is 0.517. The third kappa shape index (κ3) is 6.21. The van der Waals surface area contributed by atoms with Crippen LogP contribution in [0.1, 0.15) is 46.5 Å². The van der Waals surface area contributed by atoms with E-state index in [1.165, 1.54) is 4.90 Å². The van der Waals surface area contributed by atoms with Crippen molar-refractivity contribution in [1.82, 2.24) is 15.2 Å². The van der Waals surface area contributed by atoms with E-state index in [-0.39, 0.29) is 30.4 Å². The number of likely N-dealkylation sites (tertiary alicyclic amines) is 1. The standard InChI is InChI=1S/C29H34ClN3O7S/c1-5-18-14-29(18,23(34)16-41(37,38)20-10-11-20)32-25(35)22-13-19(15-33(22)27(36)40-28(2,3)4)39-26-21-9-7-6-8-17(21)12-24(30)31-26/h5-9,12,18-20,22H,1,10-11,13-16H2,2-4H3,(H,32,35)/t18-,19-,22+,29-/m1/s1. The van der Waals surface area contributed by atoms with Crippen molar-refractivity contribution in [3.63, 3.8) is 0 Å². The molecule has 0 spiro atoms. The van der Waals surface area contributed by atoms with Gasteiger partial charge in [-0.15, -0.1) is 6.58 Å². The molecular formula is C29H34ClN3O7S. The zero-order valence-corrected chi connectivity index (χ0v) is 24.8. The van der Waals surface area contributed by atoms with Crippen LogP contribution in [0.5, 0.6) is 5.88 Å². The predicted molar refractivity (Wildman–Crippen MR) is 154 cm³/mol. The SMILES string of the molecule is C=C[C@@H]1C[C@]1(NC(=O)[C@@H]1C[C@@H](Oc2nc(Cl)cc3ccccc23)CN1C(=O)OC(C)(C)C)C(=O)CS(=O)(=O)C1CC1. The Morgan fingerprint density at radius 1 is 1.24 bits per heavy atom. The molecule has 2 heterocycles. The molecule has 1 aliphatic heterocycles. The normalized spacial score (nSPS) is 26.0. The number of Topliss-reactive ketones (excluding diaryl/α,β-unsaturated/α-hetero) is 1. The maximum atomic E-state index is 13.7. The van der Waals surface area contributed by atoms with Gasteiger partial charge in [-0.3, -0.25) is 14.5 Å². The summed E-state index contributed by atoms with van der Waals surface area (Å²) < 4.78 is 36.9. The van der Waals surface area contributed by atoms with Crippen LogP contribution < -0.4 is 10.1 Å². The van der Waals surface area contributed by atoms with Crippen LogP contribution in [0.3, 0.4) is 0 Å². The highest BCUT2D eigenvalue weighted by atomic mass is 35.5. The third-order valence-electron chi connectivity index (χ3n) is 7.65. The van der Waals surface area contributed by atoms with E-state index in [1.54, 1.807) is 32.9 Å². The van der Waals surface area contributed by atoms with Crippen molar-refractivity contribution in [2.24, 2.45) is 5.92 Å². The molecule has 220 valence electrons. The lowest BCUT2D eigenvalue weighted by atomic mass is 10.1. The van der Waals surface area contributed by atoms with E-state index in [1.807, 2.05) is 24.3 Å². The van der Waals surface area contributed by atoms with Crippen LogP contribution in [0, 0.1) is 5.92 Å². The average molecular weight is 604 g/mol. The molecule has 1 aromatic carbocycles. The van der Waals surface area contributed by atoms with Crippen molar-refractivity contribution in [3.05, 3.63) is 48.1 Å². The molecule has 2 aliphatic carbocycles. The van der Waals surface area contributed by atoms with Gasteiger partial charge in [0.2, 0.25) is 11.8 Å². The van der Waals surface area contributed by atoms with Crippen molar-refractivity contribution in [2.75, 3.05) is 12.3 Å². The maximum Gasteiger partial charge on any atom is 0.411 e. The lowest BCUT2D eigenvalue weighted by Crippen LogP contribution is -2.54. The molecule has 10 nitrogen and oxygen atoms in total. The number of pyridine rings is 1. The van der Waals surface area contributed by atoms with Gasteiger partial charge in [-0.25, -0.2) is 18.2 Å². The summed E-state index contributed by atoms with van der Waals surface area (Å²) >= 11 is 6.22. The summed E-state index contributed by atoms with van der Waals surface area (Å²) in [6, 6.07) is 8.10. The third-order valence-corrected chi connectivity index (χ3v) is 10.00. The summed E-state index contributed by atoms with van der Waals surface area (Å²) in [7, 11) is -3.58. The molecular weight excluding hydrogens is 570 g/mol. The number of aromatic nitrogens is 1. The first-order valence-electron chi connectivity index (χ1n) is 13.6. The number of halogens is 1. The Hall–Kier alpha value is -3.18. The van der Waals surface area contributed by atoms with Gasteiger partial charge in [0.25, 0.3) is 0 Å². The van der Waals surface area contributed by atoms with E-state index in [0.717, 1.165) is 10.8 Å². The van der Waals surface area contributed by atoms with E-state index in [2.05, 4.69) is 16.9 Å². The fourth-order valence-electron chi connectivity index (χ4n) is 5.30. The Kier molecular flexibility index (Phi) is 7.57. The first-order valence-corrected chi connectivity index (χ1v) is 15.7. The zero-order valence-electron chi connectivity index (χ0n) is 23.3. The highest BCUT2D eigenvalue weighted by molar-refractivity contribution is 7.93. The summed E-state index contributed by atoms with van der Waals surface area (Å²) in [6.07, 6.45) is 1.64. The smallest absolute Gasteiger partial charge is 0.411 e. The number of ketones is 1. The van der Waals surface area contributed by atoms with Gasteiger partial charge < -0.3 is 14.8 Å². The molecule has 41 heavy (non-hydrogen) atoms. The lowest BCUT2D eigenvalue weighted by Gasteiger charge is -2.29. The molecule has 2 amide bonds. The summed E-state index contributed by atoms with van der Waals surface area (Å²) in [4.78, 5) is 45.8. The van der Waals surface area contributed by atoms with E-state index in [0.29, 0.717) is 12.8 Å². The number of fused-ring (bicyclic) bond motifs is 1.